The van der Waals surface area contributed by atoms with Crippen LogP contribution in [-0.4, -0.2) is 37.1 Å². The summed E-state index contributed by atoms with van der Waals surface area (Å²) in [6.07, 6.45) is 7.19. The van der Waals surface area contributed by atoms with E-state index in [9.17, 15) is 0 Å². The Labute approximate surface area is 137 Å². The van der Waals surface area contributed by atoms with Crippen LogP contribution < -0.4 is 10.6 Å². The normalized spacial score (nSPS) is 24.0. The van der Waals surface area contributed by atoms with E-state index in [1.165, 1.54) is 24.1 Å². The molecule has 0 aromatic carbocycles. The number of hydrogen-bond donors (Lipinski definition) is 2. The highest BCUT2D eigenvalue weighted by molar-refractivity contribution is 7.99. The van der Waals surface area contributed by atoms with E-state index < -0.39 is 0 Å². The van der Waals surface area contributed by atoms with E-state index in [-0.39, 0.29) is 0 Å². The number of hydrogen-bond acceptors (Lipinski definition) is 3. The fourth-order valence-electron chi connectivity index (χ4n) is 2.79. The SMILES string of the molecule is CN=C(NCC(C)Cc1cccs1)NC1CCC(SC)C1. The predicted molar refractivity (Wildman–Crippen MR) is 96.6 cm³/mol. The smallest absolute Gasteiger partial charge is 0.191 e. The van der Waals surface area contributed by atoms with Crippen LogP contribution >= 0.6 is 23.1 Å². The molecule has 0 radical (unpaired) electrons. The average molecular weight is 326 g/mol. The Morgan fingerprint density at radius 2 is 2.38 bits per heavy atom. The van der Waals surface area contributed by atoms with Gasteiger partial charge in [-0.3, -0.25) is 4.99 Å². The highest BCUT2D eigenvalue weighted by Gasteiger charge is 2.24. The second-order valence-corrected chi connectivity index (χ2v) is 8.02. The van der Waals surface area contributed by atoms with Crippen LogP contribution in [0.5, 0.6) is 0 Å². The van der Waals surface area contributed by atoms with Crippen molar-refractivity contribution in [2.75, 3.05) is 19.8 Å². The zero-order valence-corrected chi connectivity index (χ0v) is 14.9. The summed E-state index contributed by atoms with van der Waals surface area (Å²) >= 11 is 3.84. The van der Waals surface area contributed by atoms with Crippen molar-refractivity contribution in [3.05, 3.63) is 22.4 Å². The van der Waals surface area contributed by atoms with Gasteiger partial charge in [-0.2, -0.15) is 11.8 Å². The molecule has 21 heavy (non-hydrogen) atoms. The van der Waals surface area contributed by atoms with E-state index >= 15 is 0 Å². The third kappa shape index (κ3) is 5.55. The van der Waals surface area contributed by atoms with Gasteiger partial charge in [-0.15, -0.1) is 11.3 Å². The molecule has 1 aromatic rings. The molecule has 3 atom stereocenters. The number of thioether (sulfide) groups is 1. The van der Waals surface area contributed by atoms with Crippen molar-refractivity contribution in [3.63, 3.8) is 0 Å². The van der Waals surface area contributed by atoms with Gasteiger partial charge in [0.1, 0.15) is 0 Å². The van der Waals surface area contributed by atoms with Gasteiger partial charge < -0.3 is 10.6 Å². The van der Waals surface area contributed by atoms with Crippen LogP contribution in [0.4, 0.5) is 0 Å². The zero-order valence-electron chi connectivity index (χ0n) is 13.3. The number of nitrogens with zero attached hydrogens (tertiary/aromatic N) is 1. The van der Waals surface area contributed by atoms with Gasteiger partial charge in [0.2, 0.25) is 0 Å². The van der Waals surface area contributed by atoms with Crippen molar-refractivity contribution in [1.82, 2.24) is 10.6 Å². The summed E-state index contributed by atoms with van der Waals surface area (Å²) in [7, 11) is 1.86. The molecule has 1 fully saturated rings. The van der Waals surface area contributed by atoms with Crippen molar-refractivity contribution < 1.29 is 0 Å². The molecule has 2 rings (SSSR count). The minimum Gasteiger partial charge on any atom is -0.356 e. The molecule has 1 saturated carbocycles. The Balaban J connectivity index is 1.70. The number of aliphatic imine (C=N–C) groups is 1. The molecule has 2 N–H and O–H groups in total. The van der Waals surface area contributed by atoms with Crippen LogP contribution in [0.2, 0.25) is 0 Å². The first-order chi connectivity index (χ1) is 10.2. The third-order valence-electron chi connectivity index (χ3n) is 4.03. The summed E-state index contributed by atoms with van der Waals surface area (Å²) in [6, 6.07) is 4.93. The van der Waals surface area contributed by atoms with Crippen molar-refractivity contribution in [2.45, 2.75) is 43.9 Å². The molecule has 0 aliphatic heterocycles. The van der Waals surface area contributed by atoms with Gasteiger partial charge in [-0.25, -0.2) is 0 Å². The molecule has 118 valence electrons. The van der Waals surface area contributed by atoms with Gasteiger partial charge in [0.15, 0.2) is 5.96 Å². The van der Waals surface area contributed by atoms with E-state index in [4.69, 9.17) is 0 Å². The van der Waals surface area contributed by atoms with Gasteiger partial charge in [0.05, 0.1) is 0 Å². The first-order valence-electron chi connectivity index (χ1n) is 7.73. The fraction of sp³-hybridized carbons (Fsp3) is 0.688. The van der Waals surface area contributed by atoms with Crippen LogP contribution in [0, 0.1) is 5.92 Å². The number of nitrogens with one attached hydrogen (secondary N) is 2. The van der Waals surface area contributed by atoms with E-state index in [2.05, 4.69) is 46.3 Å². The summed E-state index contributed by atoms with van der Waals surface area (Å²) < 4.78 is 0. The van der Waals surface area contributed by atoms with Crippen LogP contribution in [-0.2, 0) is 6.42 Å². The lowest BCUT2D eigenvalue weighted by Gasteiger charge is -2.19. The predicted octanol–water partition coefficient (Wildman–Crippen LogP) is 3.38. The van der Waals surface area contributed by atoms with Crippen LogP contribution in [0.3, 0.4) is 0 Å². The molecular weight excluding hydrogens is 298 g/mol. The quantitative estimate of drug-likeness (QED) is 0.622. The summed E-state index contributed by atoms with van der Waals surface area (Å²) in [6.45, 7) is 3.26. The lowest BCUT2D eigenvalue weighted by atomic mass is 10.1. The van der Waals surface area contributed by atoms with Crippen molar-refractivity contribution in [1.29, 1.82) is 0 Å². The van der Waals surface area contributed by atoms with Crippen LogP contribution in [0.25, 0.3) is 0 Å². The van der Waals surface area contributed by atoms with E-state index in [1.807, 2.05) is 30.1 Å². The second-order valence-electron chi connectivity index (χ2n) is 5.85. The maximum atomic E-state index is 4.36. The molecule has 0 spiro atoms. The van der Waals surface area contributed by atoms with Gasteiger partial charge in [0.25, 0.3) is 0 Å². The molecule has 1 aliphatic carbocycles. The van der Waals surface area contributed by atoms with Gasteiger partial charge in [0, 0.05) is 29.8 Å². The highest BCUT2D eigenvalue weighted by Crippen LogP contribution is 2.28. The maximum absolute atomic E-state index is 4.36. The molecule has 0 bridgehead atoms. The molecular formula is C16H27N3S2. The lowest BCUT2D eigenvalue weighted by molar-refractivity contribution is 0.549. The molecule has 1 aromatic heterocycles. The second kappa shape index (κ2) is 8.69. The topological polar surface area (TPSA) is 36.4 Å². The lowest BCUT2D eigenvalue weighted by Crippen LogP contribution is -2.44. The Morgan fingerprint density at radius 1 is 1.52 bits per heavy atom. The fourth-order valence-corrected chi connectivity index (χ4v) is 4.45. The monoisotopic (exact) mass is 325 g/mol. The van der Waals surface area contributed by atoms with Crippen molar-refractivity contribution in [2.24, 2.45) is 10.9 Å². The molecule has 1 aliphatic rings. The van der Waals surface area contributed by atoms with Gasteiger partial charge >= 0.3 is 0 Å². The van der Waals surface area contributed by atoms with Crippen LogP contribution in [0.1, 0.15) is 31.1 Å². The first kappa shape index (κ1) is 16.7. The number of thiophene rings is 1. The largest absolute Gasteiger partial charge is 0.356 e. The Bertz CT molecular complexity index is 431. The molecule has 3 nitrogen and oxygen atoms in total. The van der Waals surface area contributed by atoms with Crippen molar-refractivity contribution >= 4 is 29.1 Å². The average Bonchev–Trinajstić information content (AvgIpc) is 3.14. The Kier molecular flexibility index (Phi) is 6.90. The standard InChI is InChI=1S/C16H27N3S2/c1-12(9-15-5-4-8-21-15)11-18-16(17-2)19-13-6-7-14(10-13)20-3/h4-5,8,12-14H,6-7,9-11H2,1-3H3,(H2,17,18,19). The minimum atomic E-state index is 0.584. The molecule has 5 heteroatoms. The van der Waals surface area contributed by atoms with Gasteiger partial charge in [-0.1, -0.05) is 13.0 Å². The van der Waals surface area contributed by atoms with E-state index in [0.717, 1.165) is 24.2 Å². The highest BCUT2D eigenvalue weighted by atomic mass is 32.2. The minimum absolute atomic E-state index is 0.584. The van der Waals surface area contributed by atoms with Crippen LogP contribution in [0.15, 0.2) is 22.5 Å². The Hall–Kier alpha value is -0.680. The molecule has 1 heterocycles. The first-order valence-corrected chi connectivity index (χ1v) is 9.90. The van der Waals surface area contributed by atoms with Crippen molar-refractivity contribution in [3.8, 4) is 0 Å². The summed E-state index contributed by atoms with van der Waals surface area (Å²) in [5.41, 5.74) is 0. The number of rotatable bonds is 6. The zero-order chi connectivity index (χ0) is 15.1. The summed E-state index contributed by atoms with van der Waals surface area (Å²) in [5, 5.41) is 10.0. The molecule has 0 saturated heterocycles. The van der Waals surface area contributed by atoms with Gasteiger partial charge in [-0.05, 0) is 49.3 Å². The van der Waals surface area contributed by atoms with E-state index in [1.54, 1.807) is 0 Å². The molecule has 0 amide bonds. The number of guanidine groups is 1. The molecule has 3 unspecified atom stereocenters. The Morgan fingerprint density at radius 3 is 3.00 bits per heavy atom. The maximum Gasteiger partial charge on any atom is 0.191 e. The summed E-state index contributed by atoms with van der Waals surface area (Å²) in [4.78, 5) is 5.83. The summed E-state index contributed by atoms with van der Waals surface area (Å²) in [5.74, 6) is 1.57. The third-order valence-corrected chi connectivity index (χ3v) is 6.02. The van der Waals surface area contributed by atoms with E-state index in [0.29, 0.717) is 12.0 Å².